The van der Waals surface area contributed by atoms with E-state index in [0.29, 0.717) is 12.4 Å². The Hall–Kier alpha value is -4.90. The molecule has 9 nitrogen and oxygen atoms in total. The molecule has 262 valence electrons. The molecule has 0 saturated heterocycles. The number of benzene rings is 4. The van der Waals surface area contributed by atoms with Crippen LogP contribution in [0.3, 0.4) is 0 Å². The van der Waals surface area contributed by atoms with Crippen molar-refractivity contribution in [2.45, 2.75) is 69.0 Å². The third-order valence-electron chi connectivity index (χ3n) is 9.32. The van der Waals surface area contributed by atoms with Gasteiger partial charge in [-0.1, -0.05) is 73.9 Å². The third-order valence-corrected chi connectivity index (χ3v) is 11.1. The standard InChI is InChI=1S/C39H42FN3O6S/c1-28-10-8-9-13-30(28)26-42(35(24-29-11-4-2-5-12-29)39(45)41-32-14-6-3-7-15-32)38(44)27-43(33-18-16-31(40)17-19-33)50(46,47)34-20-21-36-37(25-34)49-23-22-48-36/h2,4-5,8-13,16-21,25,32,35H,3,6-7,14-15,22-24,26-27H2,1H3,(H,41,45)/t35-/m0/s1. The van der Waals surface area contributed by atoms with E-state index in [0.717, 1.165) is 65.2 Å². The molecule has 1 aliphatic heterocycles. The molecule has 0 bridgehead atoms. The molecular weight excluding hydrogens is 658 g/mol. The highest BCUT2D eigenvalue weighted by Gasteiger charge is 2.36. The average molecular weight is 700 g/mol. The Kier molecular flexibility index (Phi) is 11.0. The van der Waals surface area contributed by atoms with Crippen molar-refractivity contribution in [1.82, 2.24) is 10.2 Å². The normalized spacial score (nSPS) is 15.2. The van der Waals surface area contributed by atoms with E-state index in [1.54, 1.807) is 0 Å². The van der Waals surface area contributed by atoms with Crippen LogP contribution in [0.2, 0.25) is 0 Å². The Morgan fingerprint density at radius 2 is 1.54 bits per heavy atom. The van der Waals surface area contributed by atoms with Crippen LogP contribution in [0.15, 0.2) is 102 Å². The van der Waals surface area contributed by atoms with Gasteiger partial charge in [0.1, 0.15) is 31.6 Å². The summed E-state index contributed by atoms with van der Waals surface area (Å²) in [5.74, 6) is -0.743. The van der Waals surface area contributed by atoms with E-state index in [1.807, 2.05) is 61.5 Å². The summed E-state index contributed by atoms with van der Waals surface area (Å²) < 4.78 is 55.1. The van der Waals surface area contributed by atoms with Crippen LogP contribution in [0.1, 0.15) is 48.8 Å². The van der Waals surface area contributed by atoms with E-state index in [2.05, 4.69) is 5.32 Å². The molecule has 4 aromatic rings. The Labute approximate surface area is 293 Å². The van der Waals surface area contributed by atoms with E-state index in [9.17, 15) is 22.4 Å². The second kappa shape index (κ2) is 15.8. The number of anilines is 1. The zero-order valence-electron chi connectivity index (χ0n) is 28.1. The molecule has 50 heavy (non-hydrogen) atoms. The van der Waals surface area contributed by atoms with Gasteiger partial charge < -0.3 is 19.7 Å². The molecule has 1 heterocycles. The third kappa shape index (κ3) is 8.27. The Morgan fingerprint density at radius 3 is 2.26 bits per heavy atom. The predicted octanol–water partition coefficient (Wildman–Crippen LogP) is 6.19. The monoisotopic (exact) mass is 699 g/mol. The first kappa shape index (κ1) is 34.9. The van der Waals surface area contributed by atoms with Crippen molar-refractivity contribution in [2.75, 3.05) is 24.1 Å². The number of hydrogen-bond acceptors (Lipinski definition) is 6. The summed E-state index contributed by atoms with van der Waals surface area (Å²) in [7, 11) is -4.41. The van der Waals surface area contributed by atoms with Crippen LogP contribution in [0.25, 0.3) is 0 Å². The molecule has 0 radical (unpaired) electrons. The average Bonchev–Trinajstić information content (AvgIpc) is 3.13. The zero-order valence-corrected chi connectivity index (χ0v) is 28.9. The highest BCUT2D eigenvalue weighted by Crippen LogP contribution is 2.34. The summed E-state index contributed by atoms with van der Waals surface area (Å²) in [6.45, 7) is 1.96. The molecule has 1 fully saturated rings. The molecular formula is C39H42FN3O6S. The summed E-state index contributed by atoms with van der Waals surface area (Å²) in [5.41, 5.74) is 2.71. The lowest BCUT2D eigenvalue weighted by atomic mass is 9.94. The maximum atomic E-state index is 14.8. The van der Waals surface area contributed by atoms with Gasteiger partial charge in [-0.15, -0.1) is 0 Å². The molecule has 11 heteroatoms. The van der Waals surface area contributed by atoms with E-state index in [-0.39, 0.29) is 47.9 Å². The summed E-state index contributed by atoms with van der Waals surface area (Å²) in [6, 6.07) is 25.3. The molecule has 0 aromatic heterocycles. The van der Waals surface area contributed by atoms with Crippen molar-refractivity contribution < 1.29 is 31.9 Å². The van der Waals surface area contributed by atoms with Crippen LogP contribution in [0.4, 0.5) is 10.1 Å². The molecule has 0 unspecified atom stereocenters. The fraction of sp³-hybridized carbons (Fsp3) is 0.333. The van der Waals surface area contributed by atoms with Gasteiger partial charge in [0.2, 0.25) is 11.8 Å². The number of aryl methyl sites for hydroxylation is 1. The van der Waals surface area contributed by atoms with Gasteiger partial charge >= 0.3 is 0 Å². The molecule has 2 amide bonds. The quantitative estimate of drug-likeness (QED) is 0.189. The number of carbonyl (C=O) groups excluding carboxylic acids is 2. The van der Waals surface area contributed by atoms with Crippen LogP contribution in [0.5, 0.6) is 11.5 Å². The van der Waals surface area contributed by atoms with Crippen molar-refractivity contribution in [1.29, 1.82) is 0 Å². The first-order valence-electron chi connectivity index (χ1n) is 17.1. The van der Waals surface area contributed by atoms with Gasteiger partial charge in [-0.25, -0.2) is 12.8 Å². The maximum absolute atomic E-state index is 14.8. The van der Waals surface area contributed by atoms with Gasteiger partial charge in [0, 0.05) is 25.1 Å². The summed E-state index contributed by atoms with van der Waals surface area (Å²) in [5, 5.41) is 3.22. The van der Waals surface area contributed by atoms with Gasteiger partial charge in [-0.3, -0.25) is 13.9 Å². The number of halogens is 1. The first-order chi connectivity index (χ1) is 24.2. The molecule has 1 atom stereocenters. The first-order valence-corrected chi connectivity index (χ1v) is 18.5. The summed E-state index contributed by atoms with van der Waals surface area (Å²) >= 11 is 0. The Morgan fingerprint density at radius 1 is 0.860 bits per heavy atom. The highest BCUT2D eigenvalue weighted by molar-refractivity contribution is 7.92. The number of rotatable bonds is 12. The lowest BCUT2D eigenvalue weighted by Crippen LogP contribution is -2.55. The molecule has 1 saturated carbocycles. The lowest BCUT2D eigenvalue weighted by Gasteiger charge is -2.35. The molecule has 1 aliphatic carbocycles. The lowest BCUT2D eigenvalue weighted by molar-refractivity contribution is -0.140. The fourth-order valence-corrected chi connectivity index (χ4v) is 7.95. The summed E-state index contributed by atoms with van der Waals surface area (Å²) in [6.07, 6.45) is 5.11. The number of carbonyl (C=O) groups is 2. The largest absolute Gasteiger partial charge is 0.486 e. The van der Waals surface area contributed by atoms with E-state index in [4.69, 9.17) is 9.47 Å². The van der Waals surface area contributed by atoms with Gasteiger partial charge in [0.05, 0.1) is 10.6 Å². The molecule has 0 spiro atoms. The predicted molar refractivity (Wildman–Crippen MR) is 189 cm³/mol. The van der Waals surface area contributed by atoms with Crippen LogP contribution < -0.4 is 19.1 Å². The smallest absolute Gasteiger partial charge is 0.264 e. The van der Waals surface area contributed by atoms with Crippen LogP contribution in [-0.2, 0) is 32.6 Å². The number of sulfonamides is 1. The van der Waals surface area contributed by atoms with E-state index >= 15 is 0 Å². The second-order valence-electron chi connectivity index (χ2n) is 12.8. The van der Waals surface area contributed by atoms with Crippen LogP contribution in [-0.4, -0.2) is 57.0 Å². The topological polar surface area (TPSA) is 105 Å². The zero-order chi connectivity index (χ0) is 35.1. The SMILES string of the molecule is Cc1ccccc1CN(C(=O)CN(c1ccc(F)cc1)S(=O)(=O)c1ccc2c(c1)OCCO2)[C@@H](Cc1ccccc1)C(=O)NC1CCCCC1. The Bertz CT molecular complexity index is 1900. The minimum absolute atomic E-state index is 0.00349. The summed E-state index contributed by atoms with van der Waals surface area (Å²) in [4.78, 5) is 30.4. The number of ether oxygens (including phenoxy) is 2. The number of fused-ring (bicyclic) bond motifs is 1. The number of nitrogens with zero attached hydrogens (tertiary/aromatic N) is 2. The van der Waals surface area contributed by atoms with Crippen molar-refractivity contribution in [3.05, 3.63) is 120 Å². The van der Waals surface area contributed by atoms with E-state index < -0.39 is 34.3 Å². The minimum Gasteiger partial charge on any atom is -0.486 e. The van der Waals surface area contributed by atoms with Crippen LogP contribution in [0, 0.1) is 12.7 Å². The van der Waals surface area contributed by atoms with E-state index in [1.165, 1.54) is 35.2 Å². The Balaban J connectivity index is 1.40. The molecule has 2 aliphatic rings. The minimum atomic E-state index is -4.41. The number of amides is 2. The molecule has 1 N–H and O–H groups in total. The number of hydrogen-bond donors (Lipinski definition) is 1. The van der Waals surface area contributed by atoms with Crippen molar-refractivity contribution in [3.8, 4) is 11.5 Å². The van der Waals surface area contributed by atoms with Crippen molar-refractivity contribution in [3.63, 3.8) is 0 Å². The molecule has 4 aromatic carbocycles. The number of nitrogens with one attached hydrogen (secondary N) is 1. The van der Waals surface area contributed by atoms with Gasteiger partial charge in [0.25, 0.3) is 10.0 Å². The van der Waals surface area contributed by atoms with Crippen molar-refractivity contribution in [2.24, 2.45) is 0 Å². The fourth-order valence-electron chi connectivity index (χ4n) is 6.52. The molecule has 6 rings (SSSR count). The van der Waals surface area contributed by atoms with Gasteiger partial charge in [-0.2, -0.15) is 0 Å². The van der Waals surface area contributed by atoms with Gasteiger partial charge in [-0.05, 0) is 72.9 Å². The van der Waals surface area contributed by atoms with Crippen molar-refractivity contribution >= 4 is 27.5 Å². The maximum Gasteiger partial charge on any atom is 0.264 e. The second-order valence-corrected chi connectivity index (χ2v) is 14.7. The van der Waals surface area contributed by atoms with Crippen LogP contribution >= 0.6 is 0 Å². The highest BCUT2D eigenvalue weighted by atomic mass is 32.2. The van der Waals surface area contributed by atoms with Gasteiger partial charge in [0.15, 0.2) is 11.5 Å².